The first kappa shape index (κ1) is 24.2. The lowest BCUT2D eigenvalue weighted by atomic mass is 9.43. The smallest absolute Gasteiger partial charge is 0.0914 e. The van der Waals surface area contributed by atoms with Gasteiger partial charge in [0.15, 0.2) is 0 Å². The molecular weight excluding hydrogens is 310 g/mol. The van der Waals surface area contributed by atoms with Gasteiger partial charge in [0.05, 0.1) is 7.85 Å². The predicted octanol–water partition coefficient (Wildman–Crippen LogP) is 8.26. The van der Waals surface area contributed by atoms with Crippen molar-refractivity contribution < 1.29 is 0 Å². The van der Waals surface area contributed by atoms with E-state index in [9.17, 15) is 0 Å². The second-order valence-electron chi connectivity index (χ2n) is 10.4. The summed E-state index contributed by atoms with van der Waals surface area (Å²) in [7, 11) is 9.54. The van der Waals surface area contributed by atoms with Crippen LogP contribution in [0.2, 0.25) is 17.5 Å². The number of rotatable bonds is 7. The fourth-order valence-corrected chi connectivity index (χ4v) is 5.96. The maximum absolute atomic E-state index is 7.00. The second kappa shape index (κ2) is 9.56. The van der Waals surface area contributed by atoms with E-state index in [1.54, 1.807) is 0 Å². The van der Waals surface area contributed by atoms with E-state index in [1.165, 1.54) is 57.8 Å². The molecule has 0 amide bonds. The van der Waals surface area contributed by atoms with E-state index < -0.39 is 0 Å². The summed E-state index contributed by atoms with van der Waals surface area (Å²) in [6.07, 6.45) is 14.1. The van der Waals surface area contributed by atoms with Gasteiger partial charge in [0, 0.05) is 0 Å². The molecule has 0 N–H and O–H groups in total. The predicted molar refractivity (Wildman–Crippen MR) is 122 cm³/mol. The van der Waals surface area contributed by atoms with Gasteiger partial charge in [-0.05, 0) is 42.4 Å². The van der Waals surface area contributed by atoms with Crippen molar-refractivity contribution in [3.05, 3.63) is 0 Å². The molecule has 0 aromatic rings. The van der Waals surface area contributed by atoms with Crippen molar-refractivity contribution in [3.63, 3.8) is 0 Å². The molecule has 0 aliphatic heterocycles. The van der Waals surface area contributed by atoms with Gasteiger partial charge in [0.2, 0.25) is 0 Å². The van der Waals surface area contributed by atoms with Gasteiger partial charge < -0.3 is 0 Å². The fourth-order valence-electron chi connectivity index (χ4n) is 5.96. The van der Waals surface area contributed by atoms with Crippen molar-refractivity contribution in [2.75, 3.05) is 0 Å². The molecule has 0 heterocycles. The summed E-state index contributed by atoms with van der Waals surface area (Å²) in [5.74, 6) is 0.833. The minimum atomic E-state index is -0.0126. The van der Waals surface area contributed by atoms with E-state index in [4.69, 9.17) is 7.85 Å². The molecule has 1 saturated carbocycles. The van der Waals surface area contributed by atoms with E-state index in [1.807, 2.05) is 0 Å². The first-order chi connectivity index (χ1) is 12.1. The lowest BCUT2D eigenvalue weighted by Gasteiger charge is -2.50. The average Bonchev–Trinajstić information content (AvgIpc) is 2.64. The second-order valence-corrected chi connectivity index (χ2v) is 10.4. The molecule has 2 atom stereocenters. The maximum Gasteiger partial charge on any atom is 0.114 e. The highest BCUT2D eigenvalue weighted by Crippen LogP contribution is 2.57. The topological polar surface area (TPSA) is 0 Å². The molecule has 26 heavy (non-hydrogen) atoms. The monoisotopic (exact) mass is 357 g/mol. The van der Waals surface area contributed by atoms with Crippen LogP contribution in [0.1, 0.15) is 119 Å². The van der Waals surface area contributed by atoms with Crippen molar-refractivity contribution in [1.82, 2.24) is 0 Å². The molecule has 1 fully saturated rings. The Morgan fingerprint density at radius 2 is 1.42 bits per heavy atom. The number of hydrogen-bond acceptors (Lipinski definition) is 0. The fraction of sp³-hybridized carbons (Fsp3) is 1.00. The Kier molecular flexibility index (Phi) is 8.88. The van der Waals surface area contributed by atoms with Crippen molar-refractivity contribution in [2.45, 2.75) is 137 Å². The highest BCUT2D eigenvalue weighted by atomic mass is 14.5. The van der Waals surface area contributed by atoms with Crippen LogP contribution in [0.3, 0.4) is 0 Å². The third-order valence-corrected chi connectivity index (χ3v) is 8.97. The van der Waals surface area contributed by atoms with Gasteiger partial charge in [0.25, 0.3) is 0 Å². The molecule has 1 rings (SSSR count). The molecule has 0 spiro atoms. The largest absolute Gasteiger partial charge is 0.114 e. The minimum Gasteiger partial charge on any atom is -0.0914 e. The molecule has 149 valence electrons. The molecule has 0 nitrogen and oxygen atoms in total. The van der Waals surface area contributed by atoms with E-state index >= 15 is 0 Å². The van der Waals surface area contributed by atoms with Crippen molar-refractivity contribution in [3.8, 4) is 0 Å². The first-order valence-electron chi connectivity index (χ1n) is 11.7. The van der Waals surface area contributed by atoms with Gasteiger partial charge in [-0.25, -0.2) is 0 Å². The van der Waals surface area contributed by atoms with E-state index in [0.29, 0.717) is 10.7 Å². The van der Waals surface area contributed by atoms with Crippen LogP contribution in [-0.4, -0.2) is 15.1 Å². The van der Waals surface area contributed by atoms with Crippen LogP contribution < -0.4 is 0 Å². The zero-order chi connectivity index (χ0) is 20.1. The summed E-state index contributed by atoms with van der Waals surface area (Å²) in [4.78, 5) is 0. The van der Waals surface area contributed by atoms with Crippen LogP contribution in [0.25, 0.3) is 0 Å². The Bertz CT molecular complexity index is 398. The summed E-state index contributed by atoms with van der Waals surface area (Å²) in [6, 6.07) is 0. The molecule has 3 radical (unpaired) electrons. The molecule has 1 aliphatic rings. The Morgan fingerprint density at radius 3 is 1.88 bits per heavy atom. The normalized spacial score (nSPS) is 28.5. The summed E-state index contributed by atoms with van der Waals surface area (Å²) in [6.45, 7) is 19.2. The highest BCUT2D eigenvalue weighted by molar-refractivity contribution is 6.38. The Morgan fingerprint density at radius 1 is 0.846 bits per heavy atom. The Hall–Kier alpha value is 0.130. The molecule has 0 saturated heterocycles. The van der Waals surface area contributed by atoms with Crippen LogP contribution in [0, 0.1) is 16.7 Å². The average molecular weight is 357 g/mol. The van der Waals surface area contributed by atoms with Gasteiger partial charge in [0.1, 0.15) is 7.28 Å². The molecule has 1 aliphatic carbocycles. The first-order valence-corrected chi connectivity index (χ1v) is 11.7. The zero-order valence-corrected chi connectivity index (χ0v) is 19.5. The molecular formula is C24H47B2. The van der Waals surface area contributed by atoms with Gasteiger partial charge in [-0.3, -0.25) is 0 Å². The standard InChI is InChI=1S/C24H47B2/c1-9-23(10-2,26-8)20-14-13-16-22(7,24(25,11-3)12-4)19-18-21(5,6)17-15-20/h20H,9-19H2,1-8H3. The van der Waals surface area contributed by atoms with Gasteiger partial charge in [-0.2, -0.15) is 0 Å². The Balaban J connectivity index is 3.13. The molecule has 0 aromatic heterocycles. The molecule has 2 heteroatoms. The lowest BCUT2D eigenvalue weighted by molar-refractivity contribution is 0.104. The van der Waals surface area contributed by atoms with Crippen LogP contribution in [0.15, 0.2) is 0 Å². The lowest BCUT2D eigenvalue weighted by Crippen LogP contribution is -2.37. The SMILES string of the molecule is [B]C(CC)(CC)C1(C)CCCC(C([B]C)(CC)CC)CCC(C)(C)CC1. The summed E-state index contributed by atoms with van der Waals surface area (Å²) >= 11 is 0. The van der Waals surface area contributed by atoms with Crippen molar-refractivity contribution >= 4 is 15.1 Å². The quantitative estimate of drug-likeness (QED) is 0.402. The van der Waals surface area contributed by atoms with Crippen LogP contribution in [0.4, 0.5) is 0 Å². The Labute approximate surface area is 168 Å². The maximum atomic E-state index is 7.00. The van der Waals surface area contributed by atoms with Crippen LogP contribution >= 0.6 is 0 Å². The van der Waals surface area contributed by atoms with Crippen LogP contribution in [0.5, 0.6) is 0 Å². The molecule has 0 aromatic carbocycles. The van der Waals surface area contributed by atoms with E-state index in [-0.39, 0.29) is 10.7 Å². The summed E-state index contributed by atoms with van der Waals surface area (Å²) < 4.78 is 0. The van der Waals surface area contributed by atoms with Gasteiger partial charge in [-0.1, -0.05) is 111 Å². The zero-order valence-electron chi connectivity index (χ0n) is 19.5. The summed E-state index contributed by atoms with van der Waals surface area (Å²) in [5, 5.41) is 0.419. The van der Waals surface area contributed by atoms with Crippen molar-refractivity contribution in [2.24, 2.45) is 16.7 Å². The van der Waals surface area contributed by atoms with E-state index in [0.717, 1.165) is 18.8 Å². The van der Waals surface area contributed by atoms with Gasteiger partial charge >= 0.3 is 0 Å². The van der Waals surface area contributed by atoms with Crippen LogP contribution in [-0.2, 0) is 0 Å². The van der Waals surface area contributed by atoms with Crippen molar-refractivity contribution in [1.29, 1.82) is 0 Å². The number of hydrogen-bond donors (Lipinski definition) is 0. The van der Waals surface area contributed by atoms with E-state index in [2.05, 4.69) is 62.6 Å². The highest BCUT2D eigenvalue weighted by Gasteiger charge is 2.43. The van der Waals surface area contributed by atoms with Gasteiger partial charge in [-0.15, -0.1) is 0 Å². The molecule has 0 bridgehead atoms. The summed E-state index contributed by atoms with van der Waals surface area (Å²) in [5.41, 5.74) is 0.701. The third kappa shape index (κ3) is 5.14. The minimum absolute atomic E-state index is 0.0126. The molecule has 2 unspecified atom stereocenters. The third-order valence-electron chi connectivity index (χ3n) is 8.97.